The molecule has 0 unspecified atom stereocenters. The average Bonchev–Trinajstić information content (AvgIpc) is 3.11. The fourth-order valence-electron chi connectivity index (χ4n) is 4.88. The zero-order valence-corrected chi connectivity index (χ0v) is 16.7. The molecule has 0 saturated carbocycles. The summed E-state index contributed by atoms with van der Waals surface area (Å²) >= 11 is 6.51. The van der Waals surface area contributed by atoms with Crippen molar-refractivity contribution in [2.75, 3.05) is 39.4 Å². The second kappa shape index (κ2) is 8.05. The number of nitrogens with one attached hydrogen (secondary N) is 1. The number of piperidine rings is 1. The molecule has 3 fully saturated rings. The molecular weight excluding hydrogens is 371 g/mol. The van der Waals surface area contributed by atoms with Crippen molar-refractivity contribution in [2.45, 2.75) is 37.5 Å². The van der Waals surface area contributed by atoms with Crippen LogP contribution in [-0.4, -0.2) is 50.2 Å². The van der Waals surface area contributed by atoms with Crippen LogP contribution in [-0.2, 0) is 14.9 Å². The summed E-state index contributed by atoms with van der Waals surface area (Å²) in [5, 5.41) is 4.19. The number of nitrogens with zero attached hydrogens (tertiary/aromatic N) is 1. The molecule has 1 amide bonds. The lowest BCUT2D eigenvalue weighted by Crippen LogP contribution is -2.53. The third-order valence-electron chi connectivity index (χ3n) is 6.59. The van der Waals surface area contributed by atoms with Gasteiger partial charge in [0.1, 0.15) is 0 Å². The Balaban J connectivity index is 0.00000196. The number of likely N-dealkylation sites (tertiary alicyclic amines) is 1. The first-order valence-electron chi connectivity index (χ1n) is 9.48. The molecule has 0 aliphatic carbocycles. The summed E-state index contributed by atoms with van der Waals surface area (Å²) in [4.78, 5) is 15.7. The summed E-state index contributed by atoms with van der Waals surface area (Å²) in [7, 11) is 0. The summed E-state index contributed by atoms with van der Waals surface area (Å²) in [6, 6.07) is 7.84. The van der Waals surface area contributed by atoms with E-state index in [2.05, 4.69) is 10.2 Å². The number of amides is 1. The minimum atomic E-state index is -0.519. The van der Waals surface area contributed by atoms with E-state index in [0.29, 0.717) is 23.7 Å². The molecule has 0 atom stereocenters. The number of benzene rings is 1. The fourth-order valence-corrected chi connectivity index (χ4v) is 5.19. The first-order chi connectivity index (χ1) is 12.2. The van der Waals surface area contributed by atoms with Crippen molar-refractivity contribution in [1.29, 1.82) is 0 Å². The molecule has 26 heavy (non-hydrogen) atoms. The van der Waals surface area contributed by atoms with E-state index >= 15 is 0 Å². The monoisotopic (exact) mass is 398 g/mol. The van der Waals surface area contributed by atoms with Gasteiger partial charge in [-0.25, -0.2) is 0 Å². The van der Waals surface area contributed by atoms with Crippen LogP contribution in [0.25, 0.3) is 0 Å². The van der Waals surface area contributed by atoms with E-state index in [9.17, 15) is 4.79 Å². The lowest BCUT2D eigenvalue weighted by atomic mass is 9.71. The Kier molecular flexibility index (Phi) is 6.18. The quantitative estimate of drug-likeness (QED) is 0.829. The van der Waals surface area contributed by atoms with Gasteiger partial charge in [-0.15, -0.1) is 12.4 Å². The van der Waals surface area contributed by atoms with E-state index in [1.54, 1.807) is 0 Å². The Morgan fingerprint density at radius 3 is 2.38 bits per heavy atom. The molecule has 3 saturated heterocycles. The van der Waals surface area contributed by atoms with Crippen LogP contribution in [0.5, 0.6) is 0 Å². The molecule has 144 valence electrons. The van der Waals surface area contributed by atoms with Crippen LogP contribution >= 0.6 is 24.0 Å². The average molecular weight is 399 g/mol. The smallest absolute Gasteiger partial charge is 0.233 e. The molecule has 3 aliphatic rings. The predicted octanol–water partition coefficient (Wildman–Crippen LogP) is 3.41. The summed E-state index contributed by atoms with van der Waals surface area (Å²) in [6.07, 6.45) is 4.91. The zero-order valence-electron chi connectivity index (χ0n) is 15.1. The summed E-state index contributed by atoms with van der Waals surface area (Å²) < 4.78 is 5.58. The molecule has 4 rings (SSSR count). The van der Waals surface area contributed by atoms with Crippen LogP contribution in [0.2, 0.25) is 5.02 Å². The van der Waals surface area contributed by atoms with E-state index in [1.807, 2.05) is 24.3 Å². The van der Waals surface area contributed by atoms with Crippen LogP contribution in [0, 0.1) is 5.41 Å². The normalized spacial score (nSPS) is 24.3. The summed E-state index contributed by atoms with van der Waals surface area (Å²) in [5.41, 5.74) is 0.881. The second-order valence-corrected chi connectivity index (χ2v) is 8.30. The van der Waals surface area contributed by atoms with Crippen molar-refractivity contribution in [3.05, 3.63) is 34.9 Å². The molecule has 0 bridgehead atoms. The third kappa shape index (κ3) is 3.49. The Morgan fingerprint density at radius 1 is 1.08 bits per heavy atom. The number of hydrogen-bond acceptors (Lipinski definition) is 3. The highest BCUT2D eigenvalue weighted by molar-refractivity contribution is 6.31. The lowest BCUT2D eigenvalue weighted by molar-refractivity contribution is -0.143. The van der Waals surface area contributed by atoms with Gasteiger partial charge in [0, 0.05) is 37.9 Å². The van der Waals surface area contributed by atoms with Crippen LogP contribution in [0.1, 0.15) is 37.7 Å². The van der Waals surface area contributed by atoms with Gasteiger partial charge in [-0.1, -0.05) is 29.8 Å². The summed E-state index contributed by atoms with van der Waals surface area (Å²) in [6.45, 7) is 5.21. The largest absolute Gasteiger partial charge is 0.381 e. The number of carbonyl (C=O) groups excluding carboxylic acids is 1. The molecule has 0 radical (unpaired) electrons. The van der Waals surface area contributed by atoms with E-state index in [4.69, 9.17) is 16.3 Å². The Labute approximate surface area is 167 Å². The minimum Gasteiger partial charge on any atom is -0.381 e. The predicted molar refractivity (Wildman–Crippen MR) is 106 cm³/mol. The van der Waals surface area contributed by atoms with Gasteiger partial charge in [0.2, 0.25) is 5.91 Å². The number of halogens is 2. The second-order valence-electron chi connectivity index (χ2n) is 7.89. The molecule has 1 aromatic rings. The van der Waals surface area contributed by atoms with Crippen LogP contribution in [0.3, 0.4) is 0 Å². The molecule has 1 spiro atoms. The van der Waals surface area contributed by atoms with E-state index in [0.717, 1.165) is 57.4 Å². The van der Waals surface area contributed by atoms with Gasteiger partial charge in [-0.05, 0) is 55.7 Å². The number of rotatable bonds is 2. The highest BCUT2D eigenvalue weighted by atomic mass is 35.5. The topological polar surface area (TPSA) is 41.6 Å². The van der Waals surface area contributed by atoms with Gasteiger partial charge < -0.3 is 15.0 Å². The number of ether oxygens (including phenoxy) is 1. The standard InChI is InChI=1S/C20H27ClN2O2.ClH/c21-17-4-2-1-3-16(17)20(8-13-25-14-9-20)18(24)23-11-6-19(7-12-23)5-10-22-15-19;/h1-4,22H,5-15H2;1H. The molecule has 4 nitrogen and oxygen atoms in total. The Morgan fingerprint density at radius 2 is 1.77 bits per heavy atom. The highest BCUT2D eigenvalue weighted by Crippen LogP contribution is 2.43. The number of hydrogen-bond donors (Lipinski definition) is 1. The highest BCUT2D eigenvalue weighted by Gasteiger charge is 2.47. The molecular formula is C20H28Cl2N2O2. The Hall–Kier alpha value is -0.810. The first-order valence-corrected chi connectivity index (χ1v) is 9.86. The first kappa shape index (κ1) is 19.9. The van der Waals surface area contributed by atoms with Gasteiger partial charge in [0.05, 0.1) is 5.41 Å². The van der Waals surface area contributed by atoms with Gasteiger partial charge in [-0.2, -0.15) is 0 Å². The third-order valence-corrected chi connectivity index (χ3v) is 6.92. The van der Waals surface area contributed by atoms with Crippen molar-refractivity contribution >= 4 is 29.9 Å². The van der Waals surface area contributed by atoms with E-state index in [1.165, 1.54) is 6.42 Å². The van der Waals surface area contributed by atoms with Crippen molar-refractivity contribution < 1.29 is 9.53 Å². The molecule has 3 heterocycles. The summed E-state index contributed by atoms with van der Waals surface area (Å²) in [5.74, 6) is 0.254. The van der Waals surface area contributed by atoms with Crippen molar-refractivity contribution in [2.24, 2.45) is 5.41 Å². The van der Waals surface area contributed by atoms with Gasteiger partial charge >= 0.3 is 0 Å². The van der Waals surface area contributed by atoms with Crippen LogP contribution < -0.4 is 5.32 Å². The molecule has 3 aliphatic heterocycles. The van der Waals surface area contributed by atoms with Crippen molar-refractivity contribution in [1.82, 2.24) is 10.2 Å². The van der Waals surface area contributed by atoms with Crippen LogP contribution in [0.15, 0.2) is 24.3 Å². The van der Waals surface area contributed by atoms with Crippen molar-refractivity contribution in [3.8, 4) is 0 Å². The molecule has 1 aromatic carbocycles. The van der Waals surface area contributed by atoms with Crippen LogP contribution in [0.4, 0.5) is 0 Å². The lowest BCUT2D eigenvalue weighted by Gasteiger charge is -2.45. The zero-order chi connectivity index (χ0) is 17.3. The maximum absolute atomic E-state index is 13.6. The molecule has 6 heteroatoms. The maximum atomic E-state index is 13.6. The fraction of sp³-hybridized carbons (Fsp3) is 0.650. The molecule has 0 aromatic heterocycles. The van der Waals surface area contributed by atoms with Gasteiger partial charge in [-0.3, -0.25) is 4.79 Å². The maximum Gasteiger partial charge on any atom is 0.233 e. The van der Waals surface area contributed by atoms with Crippen molar-refractivity contribution in [3.63, 3.8) is 0 Å². The number of carbonyl (C=O) groups is 1. The molecule has 1 N–H and O–H groups in total. The van der Waals surface area contributed by atoms with E-state index in [-0.39, 0.29) is 18.3 Å². The van der Waals surface area contributed by atoms with E-state index < -0.39 is 5.41 Å². The SMILES string of the molecule is Cl.O=C(N1CCC2(CCNC2)CC1)C1(c2ccccc2Cl)CCOCC1. The van der Waals surface area contributed by atoms with Gasteiger partial charge in [0.15, 0.2) is 0 Å². The Bertz CT molecular complexity index is 630. The minimum absolute atomic E-state index is 0. The van der Waals surface area contributed by atoms with Gasteiger partial charge in [0.25, 0.3) is 0 Å².